The minimum atomic E-state index is -0.603. The van der Waals surface area contributed by atoms with Crippen LogP contribution in [0.15, 0.2) is 35.0 Å². The second-order valence-electron chi connectivity index (χ2n) is 8.44. The molecule has 0 bridgehead atoms. The van der Waals surface area contributed by atoms with E-state index in [0.717, 1.165) is 45.3 Å². The molecule has 1 atom stereocenters. The average Bonchev–Trinajstić information content (AvgIpc) is 3.32. The molecule has 3 heterocycles. The number of aliphatic hydroxyl groups is 1. The summed E-state index contributed by atoms with van der Waals surface area (Å²) in [5.41, 5.74) is 5.72. The second-order valence-corrected chi connectivity index (χ2v) is 8.44. The molecule has 0 saturated heterocycles. The molecule has 0 aliphatic heterocycles. The largest absolute Gasteiger partial charge is 0.491 e. The van der Waals surface area contributed by atoms with Crippen LogP contribution in [0.5, 0.6) is 5.75 Å². The van der Waals surface area contributed by atoms with Crippen LogP contribution in [0.4, 0.5) is 0 Å². The Labute approximate surface area is 198 Å². The van der Waals surface area contributed by atoms with Gasteiger partial charge in [-0.1, -0.05) is 17.3 Å². The summed E-state index contributed by atoms with van der Waals surface area (Å²) < 4.78 is 13.2. The lowest BCUT2D eigenvalue weighted by molar-refractivity contribution is 0.108. The van der Waals surface area contributed by atoms with Crippen LogP contribution in [0.2, 0.25) is 0 Å². The highest BCUT2D eigenvalue weighted by Gasteiger charge is 2.22. The average molecular weight is 463 g/mol. The van der Waals surface area contributed by atoms with Crippen molar-refractivity contribution in [3.05, 3.63) is 53.2 Å². The van der Waals surface area contributed by atoms with Gasteiger partial charge in [0.1, 0.15) is 29.9 Å². The van der Waals surface area contributed by atoms with E-state index >= 15 is 0 Å². The normalized spacial score (nSPS) is 12.2. The second kappa shape index (κ2) is 9.74. The third-order valence-corrected chi connectivity index (χ3v) is 5.60. The molecule has 0 amide bonds. The third kappa shape index (κ3) is 4.71. The molecule has 2 N–H and O–H groups in total. The molecule has 9 heteroatoms. The van der Waals surface area contributed by atoms with Crippen molar-refractivity contribution < 1.29 is 14.4 Å². The van der Waals surface area contributed by atoms with Crippen molar-refractivity contribution in [1.82, 2.24) is 30.0 Å². The Morgan fingerprint density at radius 3 is 2.53 bits per heavy atom. The van der Waals surface area contributed by atoms with E-state index in [4.69, 9.17) is 24.2 Å². The molecule has 178 valence electrons. The lowest BCUT2D eigenvalue weighted by atomic mass is 10.0. The maximum Gasteiger partial charge on any atom is 0.160 e. The van der Waals surface area contributed by atoms with Crippen LogP contribution in [-0.2, 0) is 7.05 Å². The van der Waals surface area contributed by atoms with Gasteiger partial charge in [-0.25, -0.2) is 15.0 Å². The summed E-state index contributed by atoms with van der Waals surface area (Å²) >= 11 is 0. The lowest BCUT2D eigenvalue weighted by Crippen LogP contribution is -2.29. The van der Waals surface area contributed by atoms with Gasteiger partial charge in [-0.3, -0.25) is 0 Å². The fourth-order valence-corrected chi connectivity index (χ4v) is 3.98. The van der Waals surface area contributed by atoms with Crippen molar-refractivity contribution in [2.24, 2.45) is 7.05 Å². The van der Waals surface area contributed by atoms with Crippen molar-refractivity contribution in [2.45, 2.75) is 33.8 Å². The van der Waals surface area contributed by atoms with E-state index in [-0.39, 0.29) is 6.61 Å². The number of imidazole rings is 1. The fraction of sp³-hybridized carbons (Fsp3) is 0.360. The number of aryl methyl sites for hydroxylation is 4. The van der Waals surface area contributed by atoms with E-state index in [9.17, 15) is 5.11 Å². The summed E-state index contributed by atoms with van der Waals surface area (Å²) in [6.45, 7) is 8.37. The van der Waals surface area contributed by atoms with Crippen LogP contribution in [-0.4, -0.2) is 56.1 Å². The quantitative estimate of drug-likeness (QED) is 0.410. The zero-order valence-electron chi connectivity index (χ0n) is 20.4. The first-order valence-electron chi connectivity index (χ1n) is 11.2. The van der Waals surface area contributed by atoms with Crippen LogP contribution in [0.3, 0.4) is 0 Å². The van der Waals surface area contributed by atoms with E-state index in [1.165, 1.54) is 0 Å². The molecule has 0 spiro atoms. The van der Waals surface area contributed by atoms with Gasteiger partial charge >= 0.3 is 0 Å². The van der Waals surface area contributed by atoms with Crippen molar-refractivity contribution in [3.63, 3.8) is 0 Å². The molecular formula is C25H30N6O3. The van der Waals surface area contributed by atoms with E-state index in [1.807, 2.05) is 69.8 Å². The van der Waals surface area contributed by atoms with Crippen molar-refractivity contribution in [1.29, 1.82) is 0 Å². The van der Waals surface area contributed by atoms with Crippen molar-refractivity contribution >= 4 is 0 Å². The van der Waals surface area contributed by atoms with Crippen LogP contribution in [0, 0.1) is 27.7 Å². The van der Waals surface area contributed by atoms with Gasteiger partial charge in [0.05, 0.1) is 22.6 Å². The summed E-state index contributed by atoms with van der Waals surface area (Å²) in [7, 11) is 3.74. The Morgan fingerprint density at radius 1 is 1.12 bits per heavy atom. The number of likely N-dealkylation sites (N-methyl/N-ethyl adjacent to an activating group) is 1. The van der Waals surface area contributed by atoms with Crippen molar-refractivity contribution in [3.8, 4) is 39.9 Å². The zero-order valence-corrected chi connectivity index (χ0v) is 20.4. The van der Waals surface area contributed by atoms with Gasteiger partial charge in [-0.05, 0) is 46.9 Å². The number of nitrogens with one attached hydrogen (secondary N) is 1. The van der Waals surface area contributed by atoms with E-state index in [0.29, 0.717) is 23.9 Å². The Morgan fingerprint density at radius 2 is 1.88 bits per heavy atom. The molecule has 3 aromatic heterocycles. The molecular weight excluding hydrogens is 432 g/mol. The van der Waals surface area contributed by atoms with Gasteiger partial charge in [0.15, 0.2) is 11.6 Å². The number of hydrogen-bond acceptors (Lipinski definition) is 8. The van der Waals surface area contributed by atoms with Gasteiger partial charge in [0.2, 0.25) is 0 Å². The van der Waals surface area contributed by atoms with Crippen LogP contribution in [0.25, 0.3) is 34.2 Å². The number of aromatic nitrogens is 5. The third-order valence-electron chi connectivity index (χ3n) is 5.60. The monoisotopic (exact) mass is 462 g/mol. The van der Waals surface area contributed by atoms with Crippen LogP contribution < -0.4 is 10.1 Å². The Hall–Kier alpha value is -3.56. The molecule has 34 heavy (non-hydrogen) atoms. The maximum atomic E-state index is 9.98. The summed E-state index contributed by atoms with van der Waals surface area (Å²) in [4.78, 5) is 14.6. The summed E-state index contributed by atoms with van der Waals surface area (Å²) in [5, 5.41) is 17.0. The van der Waals surface area contributed by atoms with Crippen molar-refractivity contribution in [2.75, 3.05) is 20.2 Å². The van der Waals surface area contributed by atoms with Gasteiger partial charge in [0, 0.05) is 30.9 Å². The smallest absolute Gasteiger partial charge is 0.160 e. The Kier molecular flexibility index (Phi) is 6.76. The van der Waals surface area contributed by atoms with Gasteiger partial charge in [-0.15, -0.1) is 0 Å². The lowest BCUT2D eigenvalue weighted by Gasteiger charge is -2.14. The molecule has 9 nitrogen and oxygen atoms in total. The predicted octanol–water partition coefficient (Wildman–Crippen LogP) is 3.39. The summed E-state index contributed by atoms with van der Waals surface area (Å²) in [6, 6.07) is 7.55. The number of benzene rings is 1. The van der Waals surface area contributed by atoms with E-state index in [2.05, 4.69) is 10.5 Å². The summed E-state index contributed by atoms with van der Waals surface area (Å²) in [5.74, 6) is 2.62. The molecule has 4 aromatic rings. The first kappa shape index (κ1) is 23.6. The predicted molar refractivity (Wildman–Crippen MR) is 130 cm³/mol. The number of nitrogens with zero attached hydrogens (tertiary/aromatic N) is 5. The van der Waals surface area contributed by atoms with E-state index in [1.54, 1.807) is 7.05 Å². The SMILES string of the molecule is CNCC(O)COc1cccc(-c2nc(-c3c(C)noc3C)c(C)c(-c3nc(C)cn3C)n2)c1. The van der Waals surface area contributed by atoms with Gasteiger partial charge < -0.3 is 24.3 Å². The molecule has 1 aromatic carbocycles. The Bertz CT molecular complexity index is 1290. The minimum absolute atomic E-state index is 0.182. The molecule has 0 radical (unpaired) electrons. The first-order valence-corrected chi connectivity index (χ1v) is 11.2. The number of aliphatic hydroxyl groups excluding tert-OH is 1. The van der Waals surface area contributed by atoms with Gasteiger partial charge in [-0.2, -0.15) is 0 Å². The highest BCUT2D eigenvalue weighted by atomic mass is 16.5. The fourth-order valence-electron chi connectivity index (χ4n) is 3.98. The highest BCUT2D eigenvalue weighted by Crippen LogP contribution is 2.35. The zero-order chi connectivity index (χ0) is 24.4. The molecule has 0 saturated carbocycles. The number of hydrogen-bond donors (Lipinski definition) is 2. The topological polar surface area (TPSA) is 111 Å². The maximum absolute atomic E-state index is 9.98. The number of rotatable bonds is 8. The standard InChI is InChI=1S/C25H30N6O3/c1-14-12-31(6)25(27-14)23-15(2)22(21-16(3)30-34-17(21)4)28-24(29-23)18-8-7-9-20(10-18)33-13-19(32)11-26-5/h7-10,12,19,26,32H,11,13H2,1-6H3. The summed E-state index contributed by atoms with van der Waals surface area (Å²) in [6.07, 6.45) is 1.37. The molecule has 1 unspecified atom stereocenters. The van der Waals surface area contributed by atoms with E-state index < -0.39 is 6.10 Å². The molecule has 0 fully saturated rings. The Balaban J connectivity index is 1.84. The first-order chi connectivity index (χ1) is 16.3. The number of ether oxygens (including phenoxy) is 1. The van der Waals surface area contributed by atoms with Gasteiger partial charge in [0.25, 0.3) is 0 Å². The highest BCUT2D eigenvalue weighted by molar-refractivity contribution is 5.76. The molecule has 0 aliphatic rings. The van der Waals surface area contributed by atoms with Crippen LogP contribution >= 0.6 is 0 Å². The van der Waals surface area contributed by atoms with Crippen LogP contribution in [0.1, 0.15) is 22.7 Å². The molecule has 0 aliphatic carbocycles. The minimum Gasteiger partial charge on any atom is -0.491 e. The molecule has 4 rings (SSSR count).